The number of fused-ring (bicyclic) bond motifs is 1. The number of carbonyl (C=O) groups is 1. The van der Waals surface area contributed by atoms with Gasteiger partial charge in [-0.15, -0.1) is 11.3 Å². The molecule has 0 saturated heterocycles. The zero-order valence-electron chi connectivity index (χ0n) is 17.2. The SMILES string of the molecule is CN1c2ccccc2C(=O)N(c2ccccc2)C1c1ccc(-c2cccc([N+](=O)[O-])c2)s1. The fourth-order valence-corrected chi connectivity index (χ4v) is 5.23. The molecule has 0 fully saturated rings. The highest BCUT2D eigenvalue weighted by molar-refractivity contribution is 7.15. The van der Waals surface area contributed by atoms with Crippen LogP contribution in [0.2, 0.25) is 0 Å². The number of hydrogen-bond donors (Lipinski definition) is 0. The van der Waals surface area contributed by atoms with E-state index in [1.54, 1.807) is 12.1 Å². The normalized spacial score (nSPS) is 15.5. The molecule has 0 spiro atoms. The molecule has 7 heteroatoms. The molecule has 0 bridgehead atoms. The Balaban J connectivity index is 1.62. The highest BCUT2D eigenvalue weighted by Gasteiger charge is 2.38. The first kappa shape index (κ1) is 20.0. The van der Waals surface area contributed by atoms with Crippen molar-refractivity contribution in [1.29, 1.82) is 0 Å². The van der Waals surface area contributed by atoms with Crippen LogP contribution < -0.4 is 9.80 Å². The van der Waals surface area contributed by atoms with Crippen molar-refractivity contribution >= 4 is 34.3 Å². The number of thiophene rings is 1. The van der Waals surface area contributed by atoms with E-state index in [1.807, 2.05) is 84.7 Å². The van der Waals surface area contributed by atoms with E-state index in [0.29, 0.717) is 5.56 Å². The number of nitro benzene ring substituents is 1. The Labute approximate surface area is 189 Å². The molecule has 0 N–H and O–H groups in total. The number of carbonyl (C=O) groups excluding carboxylic acids is 1. The number of nitrogens with zero attached hydrogens (tertiary/aromatic N) is 3. The third-order valence-electron chi connectivity index (χ3n) is 5.60. The van der Waals surface area contributed by atoms with Crippen LogP contribution in [0.5, 0.6) is 0 Å². The largest absolute Gasteiger partial charge is 0.349 e. The van der Waals surface area contributed by atoms with E-state index >= 15 is 0 Å². The number of nitro groups is 1. The van der Waals surface area contributed by atoms with Crippen LogP contribution in [-0.4, -0.2) is 17.9 Å². The van der Waals surface area contributed by atoms with Gasteiger partial charge in [0, 0.05) is 34.6 Å². The molecular formula is C25H19N3O3S. The lowest BCUT2D eigenvalue weighted by Gasteiger charge is -2.43. The summed E-state index contributed by atoms with van der Waals surface area (Å²) in [6.45, 7) is 0. The predicted molar refractivity (Wildman–Crippen MR) is 127 cm³/mol. The lowest BCUT2D eigenvalue weighted by Crippen LogP contribution is -2.47. The number of para-hydroxylation sites is 2. The minimum Gasteiger partial charge on any atom is -0.349 e. The molecule has 4 aromatic rings. The average molecular weight is 442 g/mol. The summed E-state index contributed by atoms with van der Waals surface area (Å²) in [4.78, 5) is 30.2. The summed E-state index contributed by atoms with van der Waals surface area (Å²) < 4.78 is 0. The van der Waals surface area contributed by atoms with Gasteiger partial charge in [0.2, 0.25) is 0 Å². The minimum absolute atomic E-state index is 0.0554. The molecule has 1 unspecified atom stereocenters. The Morgan fingerprint density at radius 1 is 0.906 bits per heavy atom. The Morgan fingerprint density at radius 3 is 2.44 bits per heavy atom. The fraction of sp³-hybridized carbons (Fsp3) is 0.0800. The van der Waals surface area contributed by atoms with Crippen molar-refractivity contribution in [3.05, 3.63) is 112 Å². The van der Waals surface area contributed by atoms with E-state index in [2.05, 4.69) is 4.90 Å². The van der Waals surface area contributed by atoms with Crippen molar-refractivity contribution in [3.63, 3.8) is 0 Å². The summed E-state index contributed by atoms with van der Waals surface area (Å²) in [5.41, 5.74) is 3.19. The van der Waals surface area contributed by atoms with Gasteiger partial charge in [-0.05, 0) is 42.0 Å². The van der Waals surface area contributed by atoms with Crippen molar-refractivity contribution in [2.75, 3.05) is 16.8 Å². The Hall–Kier alpha value is -3.97. The van der Waals surface area contributed by atoms with Gasteiger partial charge >= 0.3 is 0 Å². The van der Waals surface area contributed by atoms with Crippen LogP contribution in [0, 0.1) is 10.1 Å². The second kappa shape index (κ2) is 7.94. The zero-order valence-corrected chi connectivity index (χ0v) is 18.0. The van der Waals surface area contributed by atoms with Gasteiger partial charge < -0.3 is 4.90 Å². The van der Waals surface area contributed by atoms with Gasteiger partial charge in [-0.2, -0.15) is 0 Å². The predicted octanol–water partition coefficient (Wildman–Crippen LogP) is 6.12. The molecule has 32 heavy (non-hydrogen) atoms. The van der Waals surface area contributed by atoms with E-state index < -0.39 is 0 Å². The summed E-state index contributed by atoms with van der Waals surface area (Å²) >= 11 is 1.53. The number of rotatable bonds is 4. The quantitative estimate of drug-likeness (QED) is 0.283. The van der Waals surface area contributed by atoms with E-state index in [1.165, 1.54) is 17.4 Å². The fourth-order valence-electron chi connectivity index (χ4n) is 4.09. The van der Waals surface area contributed by atoms with Crippen molar-refractivity contribution in [1.82, 2.24) is 0 Å². The van der Waals surface area contributed by atoms with Gasteiger partial charge in [0.1, 0.15) is 6.17 Å². The highest BCUT2D eigenvalue weighted by atomic mass is 32.1. The monoisotopic (exact) mass is 441 g/mol. The molecule has 1 atom stereocenters. The van der Waals surface area contributed by atoms with Crippen LogP contribution in [0.25, 0.3) is 10.4 Å². The van der Waals surface area contributed by atoms with Crippen LogP contribution in [-0.2, 0) is 0 Å². The van der Waals surface area contributed by atoms with Crippen molar-refractivity contribution in [2.24, 2.45) is 0 Å². The van der Waals surface area contributed by atoms with Crippen LogP contribution >= 0.6 is 11.3 Å². The molecular weight excluding hydrogens is 422 g/mol. The third kappa shape index (κ3) is 3.33. The average Bonchev–Trinajstić information content (AvgIpc) is 3.32. The summed E-state index contributed by atoms with van der Waals surface area (Å²) in [5, 5.41) is 11.2. The van der Waals surface area contributed by atoms with Crippen LogP contribution in [0.4, 0.5) is 17.1 Å². The van der Waals surface area contributed by atoms with Gasteiger partial charge in [-0.3, -0.25) is 19.8 Å². The topological polar surface area (TPSA) is 66.7 Å². The molecule has 5 rings (SSSR count). The highest BCUT2D eigenvalue weighted by Crippen LogP contribution is 2.43. The van der Waals surface area contributed by atoms with Gasteiger partial charge in [0.25, 0.3) is 11.6 Å². The molecule has 1 aliphatic heterocycles. The molecule has 2 heterocycles. The molecule has 1 aliphatic rings. The van der Waals surface area contributed by atoms with Gasteiger partial charge in [0.05, 0.1) is 16.2 Å². The molecule has 0 saturated carbocycles. The van der Waals surface area contributed by atoms with Gasteiger partial charge in [-0.25, -0.2) is 0 Å². The maximum absolute atomic E-state index is 13.6. The molecule has 6 nitrogen and oxygen atoms in total. The summed E-state index contributed by atoms with van der Waals surface area (Å²) in [6.07, 6.45) is -0.336. The van der Waals surface area contributed by atoms with E-state index in [9.17, 15) is 14.9 Å². The molecule has 0 radical (unpaired) electrons. The van der Waals surface area contributed by atoms with Crippen molar-refractivity contribution in [3.8, 4) is 10.4 Å². The second-order valence-electron chi connectivity index (χ2n) is 7.52. The standard InChI is InChI=1S/C25H19N3O3S/c1-26-21-13-6-5-12-20(21)25(29)27(18-9-3-2-4-10-18)24(26)23-15-14-22(32-23)17-8-7-11-19(16-17)28(30)31/h2-16,24H,1H3. The summed E-state index contributed by atoms with van der Waals surface area (Å²) in [5.74, 6) is -0.0554. The number of anilines is 2. The lowest BCUT2D eigenvalue weighted by atomic mass is 10.0. The molecule has 158 valence electrons. The number of hydrogen-bond acceptors (Lipinski definition) is 5. The summed E-state index contributed by atoms with van der Waals surface area (Å²) in [7, 11) is 1.98. The Kier molecular flexibility index (Phi) is 4.95. The number of benzene rings is 3. The molecule has 1 aromatic heterocycles. The van der Waals surface area contributed by atoms with Crippen molar-refractivity contribution < 1.29 is 9.72 Å². The van der Waals surface area contributed by atoms with E-state index in [0.717, 1.165) is 26.7 Å². The maximum Gasteiger partial charge on any atom is 0.270 e. The zero-order chi connectivity index (χ0) is 22.2. The first-order chi connectivity index (χ1) is 15.5. The number of non-ortho nitro benzene ring substituents is 1. The molecule has 0 aliphatic carbocycles. The lowest BCUT2D eigenvalue weighted by molar-refractivity contribution is -0.384. The maximum atomic E-state index is 13.6. The first-order valence-corrected chi connectivity index (χ1v) is 10.9. The second-order valence-corrected chi connectivity index (χ2v) is 8.64. The molecule has 3 aromatic carbocycles. The number of amides is 1. The van der Waals surface area contributed by atoms with Crippen LogP contribution in [0.3, 0.4) is 0 Å². The smallest absolute Gasteiger partial charge is 0.270 e. The van der Waals surface area contributed by atoms with Gasteiger partial charge in [0.15, 0.2) is 0 Å². The van der Waals surface area contributed by atoms with Crippen LogP contribution in [0.1, 0.15) is 21.4 Å². The Bertz CT molecular complexity index is 1320. The van der Waals surface area contributed by atoms with Crippen molar-refractivity contribution in [2.45, 2.75) is 6.17 Å². The Morgan fingerprint density at radius 2 is 1.66 bits per heavy atom. The third-order valence-corrected chi connectivity index (χ3v) is 6.78. The van der Waals surface area contributed by atoms with E-state index in [4.69, 9.17) is 0 Å². The van der Waals surface area contributed by atoms with Gasteiger partial charge in [-0.1, -0.05) is 42.5 Å². The first-order valence-electron chi connectivity index (χ1n) is 10.1. The molecule has 1 amide bonds. The van der Waals surface area contributed by atoms with E-state index in [-0.39, 0.29) is 22.7 Å². The van der Waals surface area contributed by atoms with Crippen LogP contribution in [0.15, 0.2) is 91.0 Å². The summed E-state index contributed by atoms with van der Waals surface area (Å²) in [6, 6.07) is 27.8. The minimum atomic E-state index is -0.389.